The van der Waals surface area contributed by atoms with Crippen molar-refractivity contribution in [3.8, 4) is 0 Å². The Labute approximate surface area is 134 Å². The van der Waals surface area contributed by atoms with E-state index in [1.54, 1.807) is 18.2 Å². The predicted octanol–water partition coefficient (Wildman–Crippen LogP) is 4.72. The van der Waals surface area contributed by atoms with E-state index in [2.05, 4.69) is 20.6 Å². The predicted molar refractivity (Wildman–Crippen MR) is 90.9 cm³/mol. The summed E-state index contributed by atoms with van der Waals surface area (Å²) in [4.78, 5) is 8.41. The minimum atomic E-state index is -0.294. The first-order valence-electron chi connectivity index (χ1n) is 7.30. The van der Waals surface area contributed by atoms with E-state index in [-0.39, 0.29) is 5.82 Å². The number of aromatic nitrogens is 2. The molecule has 5 heteroatoms. The summed E-state index contributed by atoms with van der Waals surface area (Å²) in [6, 6.07) is 14.1. The average molecular weight is 308 g/mol. The topological polar surface area (TPSA) is 49.8 Å². The van der Waals surface area contributed by atoms with Crippen LogP contribution in [-0.4, -0.2) is 9.97 Å². The molecule has 0 spiro atoms. The van der Waals surface area contributed by atoms with Crippen LogP contribution in [-0.2, 0) is 0 Å². The molecule has 0 fully saturated rings. The lowest BCUT2D eigenvalue weighted by Crippen LogP contribution is -2.01. The molecule has 0 saturated carbocycles. The highest BCUT2D eigenvalue weighted by molar-refractivity contribution is 5.67. The van der Waals surface area contributed by atoms with Gasteiger partial charge < -0.3 is 10.6 Å². The van der Waals surface area contributed by atoms with Crippen molar-refractivity contribution in [1.82, 2.24) is 9.97 Å². The van der Waals surface area contributed by atoms with E-state index >= 15 is 0 Å². The van der Waals surface area contributed by atoms with E-state index in [9.17, 15) is 4.39 Å². The van der Waals surface area contributed by atoms with Crippen molar-refractivity contribution in [1.29, 1.82) is 0 Å². The summed E-state index contributed by atoms with van der Waals surface area (Å²) >= 11 is 0. The number of para-hydroxylation sites is 1. The second-order valence-corrected chi connectivity index (χ2v) is 5.32. The first-order valence-corrected chi connectivity index (χ1v) is 7.30. The van der Waals surface area contributed by atoms with Gasteiger partial charge in [0.25, 0.3) is 0 Å². The number of nitrogens with zero attached hydrogens (tertiary/aromatic N) is 2. The molecular weight excluding hydrogens is 291 g/mol. The minimum Gasteiger partial charge on any atom is -0.340 e. The van der Waals surface area contributed by atoms with E-state index in [1.807, 2.05) is 32.0 Å². The van der Waals surface area contributed by atoms with E-state index in [1.165, 1.54) is 18.5 Å². The average Bonchev–Trinajstić information content (AvgIpc) is 2.52. The van der Waals surface area contributed by atoms with Gasteiger partial charge in [0.05, 0.1) is 0 Å². The number of benzene rings is 2. The fourth-order valence-corrected chi connectivity index (χ4v) is 2.35. The van der Waals surface area contributed by atoms with Gasteiger partial charge in [0.1, 0.15) is 23.8 Å². The molecule has 3 aromatic rings. The summed E-state index contributed by atoms with van der Waals surface area (Å²) in [7, 11) is 0. The maximum Gasteiger partial charge on any atom is 0.135 e. The Bertz CT molecular complexity index is 813. The van der Waals surface area contributed by atoms with Gasteiger partial charge in [0.2, 0.25) is 0 Å². The van der Waals surface area contributed by atoms with Crippen LogP contribution >= 0.6 is 0 Å². The summed E-state index contributed by atoms with van der Waals surface area (Å²) in [6.07, 6.45) is 1.47. The molecule has 116 valence electrons. The highest BCUT2D eigenvalue weighted by Crippen LogP contribution is 2.24. The third-order valence-corrected chi connectivity index (χ3v) is 3.50. The zero-order valence-corrected chi connectivity index (χ0v) is 13.0. The fourth-order valence-electron chi connectivity index (χ4n) is 2.35. The summed E-state index contributed by atoms with van der Waals surface area (Å²) < 4.78 is 13.2. The van der Waals surface area contributed by atoms with Gasteiger partial charge in [-0.15, -0.1) is 0 Å². The molecule has 3 rings (SSSR count). The maximum absolute atomic E-state index is 13.2. The molecule has 0 aliphatic rings. The summed E-state index contributed by atoms with van der Waals surface area (Å²) in [5.74, 6) is 0.980. The van der Waals surface area contributed by atoms with Crippen LogP contribution in [0.1, 0.15) is 11.1 Å². The molecule has 0 bridgehead atoms. The van der Waals surface area contributed by atoms with Crippen molar-refractivity contribution in [3.63, 3.8) is 0 Å². The summed E-state index contributed by atoms with van der Waals surface area (Å²) in [5, 5.41) is 6.38. The smallest absolute Gasteiger partial charge is 0.135 e. The van der Waals surface area contributed by atoms with Crippen molar-refractivity contribution in [3.05, 3.63) is 71.8 Å². The van der Waals surface area contributed by atoms with Crippen molar-refractivity contribution in [2.24, 2.45) is 0 Å². The standard InChI is InChI=1S/C18H17FN4/c1-12-5-3-6-13(2)18(12)23-17-10-16(20-11-21-17)22-15-8-4-7-14(19)9-15/h3-11H,1-2H3,(H2,20,21,22,23). The molecule has 1 aromatic heterocycles. The maximum atomic E-state index is 13.2. The van der Waals surface area contributed by atoms with Crippen molar-refractivity contribution < 1.29 is 4.39 Å². The summed E-state index contributed by atoms with van der Waals surface area (Å²) in [6.45, 7) is 4.09. The highest BCUT2D eigenvalue weighted by Gasteiger charge is 2.05. The lowest BCUT2D eigenvalue weighted by Gasteiger charge is -2.13. The van der Waals surface area contributed by atoms with E-state index < -0.39 is 0 Å². The van der Waals surface area contributed by atoms with Crippen LogP contribution in [0.3, 0.4) is 0 Å². The van der Waals surface area contributed by atoms with Crippen molar-refractivity contribution in [2.75, 3.05) is 10.6 Å². The Morgan fingerprint density at radius 3 is 2.17 bits per heavy atom. The molecule has 0 aliphatic carbocycles. The number of hydrogen-bond donors (Lipinski definition) is 2. The van der Waals surface area contributed by atoms with Crippen LogP contribution < -0.4 is 10.6 Å². The van der Waals surface area contributed by atoms with Gasteiger partial charge in [-0.2, -0.15) is 0 Å². The first-order chi connectivity index (χ1) is 11.1. The molecule has 0 aliphatic heterocycles. The number of rotatable bonds is 4. The zero-order valence-electron chi connectivity index (χ0n) is 13.0. The Balaban J connectivity index is 1.83. The number of aryl methyl sites for hydroxylation is 2. The highest BCUT2D eigenvalue weighted by atomic mass is 19.1. The quantitative estimate of drug-likeness (QED) is 0.732. The second-order valence-electron chi connectivity index (χ2n) is 5.32. The van der Waals surface area contributed by atoms with Crippen LogP contribution in [0.2, 0.25) is 0 Å². The van der Waals surface area contributed by atoms with Crippen LogP contribution in [0.25, 0.3) is 0 Å². The molecule has 2 aromatic carbocycles. The lowest BCUT2D eigenvalue weighted by atomic mass is 10.1. The Hall–Kier alpha value is -2.95. The zero-order chi connectivity index (χ0) is 16.2. The molecule has 0 radical (unpaired) electrons. The SMILES string of the molecule is Cc1cccc(C)c1Nc1cc(Nc2cccc(F)c2)ncn1. The fraction of sp³-hybridized carbons (Fsp3) is 0.111. The largest absolute Gasteiger partial charge is 0.340 e. The number of nitrogens with one attached hydrogen (secondary N) is 2. The molecule has 0 saturated heterocycles. The second kappa shape index (κ2) is 6.44. The first kappa shape index (κ1) is 15.0. The van der Waals surface area contributed by atoms with Gasteiger partial charge in [-0.25, -0.2) is 14.4 Å². The summed E-state index contributed by atoms with van der Waals surface area (Å²) in [5.41, 5.74) is 3.95. The third kappa shape index (κ3) is 3.63. The van der Waals surface area contributed by atoms with Crippen LogP contribution in [0.5, 0.6) is 0 Å². The van der Waals surface area contributed by atoms with Crippen molar-refractivity contribution in [2.45, 2.75) is 13.8 Å². The van der Waals surface area contributed by atoms with E-state index in [4.69, 9.17) is 0 Å². The van der Waals surface area contributed by atoms with Gasteiger partial charge in [0.15, 0.2) is 0 Å². The van der Waals surface area contributed by atoms with Crippen LogP contribution in [0.4, 0.5) is 27.4 Å². The molecule has 2 N–H and O–H groups in total. The minimum absolute atomic E-state index is 0.294. The molecule has 0 unspecified atom stereocenters. The van der Waals surface area contributed by atoms with E-state index in [0.29, 0.717) is 17.3 Å². The van der Waals surface area contributed by atoms with Crippen LogP contribution in [0, 0.1) is 19.7 Å². The molecular formula is C18H17FN4. The molecule has 4 nitrogen and oxygen atoms in total. The number of hydrogen-bond acceptors (Lipinski definition) is 4. The number of halogens is 1. The monoisotopic (exact) mass is 308 g/mol. The van der Waals surface area contributed by atoms with Gasteiger partial charge in [-0.3, -0.25) is 0 Å². The molecule has 0 amide bonds. The third-order valence-electron chi connectivity index (χ3n) is 3.50. The van der Waals surface area contributed by atoms with Gasteiger partial charge in [-0.1, -0.05) is 24.3 Å². The van der Waals surface area contributed by atoms with Gasteiger partial charge in [0, 0.05) is 17.4 Å². The lowest BCUT2D eigenvalue weighted by molar-refractivity contribution is 0.628. The normalized spacial score (nSPS) is 10.4. The van der Waals surface area contributed by atoms with Gasteiger partial charge >= 0.3 is 0 Å². The Kier molecular flexibility index (Phi) is 4.19. The van der Waals surface area contributed by atoms with Gasteiger partial charge in [-0.05, 0) is 43.2 Å². The Morgan fingerprint density at radius 1 is 0.826 bits per heavy atom. The molecule has 23 heavy (non-hydrogen) atoms. The number of anilines is 4. The van der Waals surface area contributed by atoms with E-state index in [0.717, 1.165) is 16.8 Å². The Morgan fingerprint density at radius 2 is 1.48 bits per heavy atom. The van der Waals surface area contributed by atoms with Crippen LogP contribution in [0.15, 0.2) is 54.9 Å². The molecule has 0 atom stereocenters. The molecule has 1 heterocycles. The van der Waals surface area contributed by atoms with Crippen molar-refractivity contribution >= 4 is 23.0 Å².